The molecule has 2 aliphatic rings. The van der Waals surface area contributed by atoms with Crippen molar-refractivity contribution in [2.24, 2.45) is 5.92 Å². The standard InChI is InChI=1S/C16H32N2O/c1-13(2)17-10-14-6-5-9-18(11-14)12-15-7-8-16(3,4)19-15/h13-15,17H,5-12H2,1-4H3. The van der Waals surface area contributed by atoms with Gasteiger partial charge < -0.3 is 15.0 Å². The molecule has 0 amide bonds. The predicted octanol–water partition coefficient (Wildman–Crippen LogP) is 2.65. The molecule has 0 aliphatic carbocycles. The first-order chi connectivity index (χ1) is 8.94. The van der Waals surface area contributed by atoms with E-state index < -0.39 is 0 Å². The SMILES string of the molecule is CC(C)NCC1CCCN(CC2CCC(C)(C)O2)C1. The Hall–Kier alpha value is -0.120. The molecule has 0 saturated carbocycles. The third-order valence-corrected chi connectivity index (χ3v) is 4.43. The molecule has 0 spiro atoms. The van der Waals surface area contributed by atoms with E-state index in [1.807, 2.05) is 0 Å². The van der Waals surface area contributed by atoms with Crippen molar-refractivity contribution in [3.63, 3.8) is 0 Å². The van der Waals surface area contributed by atoms with Crippen molar-refractivity contribution in [1.29, 1.82) is 0 Å². The van der Waals surface area contributed by atoms with Gasteiger partial charge in [-0.3, -0.25) is 0 Å². The van der Waals surface area contributed by atoms with Gasteiger partial charge in [0.2, 0.25) is 0 Å². The monoisotopic (exact) mass is 268 g/mol. The highest BCUT2D eigenvalue weighted by molar-refractivity contribution is 4.84. The Bertz CT molecular complexity index is 278. The van der Waals surface area contributed by atoms with E-state index in [2.05, 4.69) is 37.9 Å². The number of hydrogen-bond donors (Lipinski definition) is 1. The average Bonchev–Trinajstić information content (AvgIpc) is 2.66. The molecule has 0 radical (unpaired) electrons. The van der Waals surface area contributed by atoms with Crippen molar-refractivity contribution in [3.8, 4) is 0 Å². The smallest absolute Gasteiger partial charge is 0.0710 e. The van der Waals surface area contributed by atoms with E-state index >= 15 is 0 Å². The van der Waals surface area contributed by atoms with Crippen molar-refractivity contribution in [2.75, 3.05) is 26.2 Å². The molecule has 1 N–H and O–H groups in total. The lowest BCUT2D eigenvalue weighted by atomic mass is 9.97. The van der Waals surface area contributed by atoms with E-state index in [4.69, 9.17) is 4.74 Å². The molecular formula is C16H32N2O. The Morgan fingerprint density at radius 3 is 2.74 bits per heavy atom. The number of nitrogens with zero attached hydrogens (tertiary/aromatic N) is 1. The molecule has 19 heavy (non-hydrogen) atoms. The molecule has 2 fully saturated rings. The van der Waals surface area contributed by atoms with E-state index in [9.17, 15) is 0 Å². The maximum absolute atomic E-state index is 6.13. The first-order valence-electron chi connectivity index (χ1n) is 8.08. The molecule has 112 valence electrons. The quantitative estimate of drug-likeness (QED) is 0.829. The first kappa shape index (κ1) is 15.3. The van der Waals surface area contributed by atoms with Gasteiger partial charge in [-0.2, -0.15) is 0 Å². The zero-order valence-corrected chi connectivity index (χ0v) is 13.2. The maximum Gasteiger partial charge on any atom is 0.0710 e. The normalized spacial score (nSPS) is 32.1. The summed E-state index contributed by atoms with van der Waals surface area (Å²) in [4.78, 5) is 2.63. The van der Waals surface area contributed by atoms with Gasteiger partial charge in [-0.1, -0.05) is 13.8 Å². The van der Waals surface area contributed by atoms with Gasteiger partial charge >= 0.3 is 0 Å². The van der Waals surface area contributed by atoms with Crippen LogP contribution in [0.5, 0.6) is 0 Å². The third kappa shape index (κ3) is 5.05. The lowest BCUT2D eigenvalue weighted by molar-refractivity contribution is -0.0329. The van der Waals surface area contributed by atoms with Gasteiger partial charge in [-0.15, -0.1) is 0 Å². The number of likely N-dealkylation sites (tertiary alicyclic amines) is 1. The highest BCUT2D eigenvalue weighted by Gasteiger charge is 2.33. The van der Waals surface area contributed by atoms with Crippen LogP contribution in [0.4, 0.5) is 0 Å². The molecule has 0 bridgehead atoms. The van der Waals surface area contributed by atoms with Crippen LogP contribution in [0, 0.1) is 5.92 Å². The summed E-state index contributed by atoms with van der Waals surface area (Å²) in [5.41, 5.74) is 0.110. The van der Waals surface area contributed by atoms with Gasteiger partial charge in [0.15, 0.2) is 0 Å². The van der Waals surface area contributed by atoms with Crippen LogP contribution in [0.15, 0.2) is 0 Å². The number of ether oxygens (including phenoxy) is 1. The van der Waals surface area contributed by atoms with Crippen molar-refractivity contribution in [3.05, 3.63) is 0 Å². The molecule has 0 aromatic rings. The molecule has 2 rings (SSSR count). The molecular weight excluding hydrogens is 236 g/mol. The summed E-state index contributed by atoms with van der Waals surface area (Å²) in [6, 6.07) is 0.606. The van der Waals surface area contributed by atoms with Crippen molar-refractivity contribution < 1.29 is 4.74 Å². The number of nitrogens with one attached hydrogen (secondary N) is 1. The highest BCUT2D eigenvalue weighted by atomic mass is 16.5. The second-order valence-corrected chi connectivity index (χ2v) is 7.37. The van der Waals surface area contributed by atoms with Crippen LogP contribution >= 0.6 is 0 Å². The fourth-order valence-electron chi connectivity index (χ4n) is 3.38. The molecule has 2 heterocycles. The lowest BCUT2D eigenvalue weighted by Gasteiger charge is -2.35. The summed E-state index contributed by atoms with van der Waals surface area (Å²) < 4.78 is 6.13. The largest absolute Gasteiger partial charge is 0.371 e. The second kappa shape index (κ2) is 6.55. The van der Waals surface area contributed by atoms with Gasteiger partial charge in [0.05, 0.1) is 11.7 Å². The van der Waals surface area contributed by atoms with E-state index in [0.29, 0.717) is 12.1 Å². The Morgan fingerprint density at radius 1 is 1.32 bits per heavy atom. The van der Waals surface area contributed by atoms with E-state index in [-0.39, 0.29) is 5.60 Å². The molecule has 2 aliphatic heterocycles. The Kier molecular flexibility index (Phi) is 5.27. The zero-order valence-electron chi connectivity index (χ0n) is 13.2. The molecule has 0 aromatic heterocycles. The summed E-state index contributed by atoms with van der Waals surface area (Å²) >= 11 is 0. The topological polar surface area (TPSA) is 24.5 Å². The predicted molar refractivity (Wildman–Crippen MR) is 80.5 cm³/mol. The van der Waals surface area contributed by atoms with Crippen LogP contribution in [0.2, 0.25) is 0 Å². The lowest BCUT2D eigenvalue weighted by Crippen LogP contribution is -2.44. The van der Waals surface area contributed by atoms with Gasteiger partial charge in [0, 0.05) is 19.1 Å². The number of hydrogen-bond acceptors (Lipinski definition) is 3. The number of rotatable bonds is 5. The van der Waals surface area contributed by atoms with Gasteiger partial charge in [-0.05, 0) is 58.5 Å². The highest BCUT2D eigenvalue weighted by Crippen LogP contribution is 2.30. The zero-order chi connectivity index (χ0) is 13.9. The summed E-state index contributed by atoms with van der Waals surface area (Å²) in [5.74, 6) is 0.825. The van der Waals surface area contributed by atoms with E-state index in [1.165, 1.54) is 45.3 Å². The van der Waals surface area contributed by atoms with Crippen LogP contribution < -0.4 is 5.32 Å². The average molecular weight is 268 g/mol. The minimum Gasteiger partial charge on any atom is -0.371 e. The van der Waals surface area contributed by atoms with Crippen LogP contribution in [0.25, 0.3) is 0 Å². The Morgan fingerprint density at radius 2 is 2.11 bits per heavy atom. The fraction of sp³-hybridized carbons (Fsp3) is 1.00. The van der Waals surface area contributed by atoms with Crippen molar-refractivity contribution in [1.82, 2.24) is 10.2 Å². The molecule has 2 unspecified atom stereocenters. The van der Waals surface area contributed by atoms with Crippen molar-refractivity contribution >= 4 is 0 Å². The van der Waals surface area contributed by atoms with Crippen LogP contribution in [-0.2, 0) is 4.74 Å². The Labute approximate surface area is 119 Å². The molecule has 0 aromatic carbocycles. The van der Waals surface area contributed by atoms with Crippen molar-refractivity contribution in [2.45, 2.75) is 71.1 Å². The number of piperidine rings is 1. The van der Waals surface area contributed by atoms with Crippen LogP contribution in [-0.4, -0.2) is 48.8 Å². The van der Waals surface area contributed by atoms with Gasteiger partial charge in [-0.25, -0.2) is 0 Å². The second-order valence-electron chi connectivity index (χ2n) is 7.37. The maximum atomic E-state index is 6.13. The molecule has 2 atom stereocenters. The minimum absolute atomic E-state index is 0.110. The summed E-state index contributed by atoms with van der Waals surface area (Å²) in [6.45, 7) is 13.7. The van der Waals surface area contributed by atoms with Crippen LogP contribution in [0.1, 0.15) is 53.4 Å². The first-order valence-corrected chi connectivity index (χ1v) is 8.08. The van der Waals surface area contributed by atoms with Gasteiger partial charge in [0.1, 0.15) is 0 Å². The van der Waals surface area contributed by atoms with Crippen LogP contribution in [0.3, 0.4) is 0 Å². The Balaban J connectivity index is 1.72. The van der Waals surface area contributed by atoms with E-state index in [0.717, 1.165) is 12.5 Å². The van der Waals surface area contributed by atoms with E-state index in [1.54, 1.807) is 0 Å². The molecule has 3 nitrogen and oxygen atoms in total. The van der Waals surface area contributed by atoms with Gasteiger partial charge in [0.25, 0.3) is 0 Å². The fourth-order valence-corrected chi connectivity index (χ4v) is 3.38. The third-order valence-electron chi connectivity index (χ3n) is 4.43. The minimum atomic E-state index is 0.110. The summed E-state index contributed by atoms with van der Waals surface area (Å²) in [7, 11) is 0. The summed E-state index contributed by atoms with van der Waals surface area (Å²) in [6.07, 6.45) is 5.64. The molecule has 2 saturated heterocycles. The summed E-state index contributed by atoms with van der Waals surface area (Å²) in [5, 5.41) is 3.58. The molecule has 3 heteroatoms.